The Balaban J connectivity index is 1.44. The van der Waals surface area contributed by atoms with E-state index < -0.39 is 11.2 Å². The Morgan fingerprint density at radius 1 is 1.13 bits per heavy atom. The SMILES string of the molecule is Cc1cc(NC(=O)CCn2c(=O)[nH]c(=O)c3ccccc32)ccc1Oc1cccnc1. The number of amides is 1. The summed E-state index contributed by atoms with van der Waals surface area (Å²) in [7, 11) is 0. The van der Waals surface area contributed by atoms with Gasteiger partial charge < -0.3 is 10.1 Å². The molecule has 2 aromatic heterocycles. The summed E-state index contributed by atoms with van der Waals surface area (Å²) in [5.41, 5.74) is 0.996. The molecule has 156 valence electrons. The number of hydrogen-bond donors (Lipinski definition) is 2. The normalized spacial score (nSPS) is 10.7. The van der Waals surface area contributed by atoms with Crippen LogP contribution in [-0.4, -0.2) is 20.4 Å². The van der Waals surface area contributed by atoms with Gasteiger partial charge in [-0.1, -0.05) is 12.1 Å². The predicted molar refractivity (Wildman–Crippen MR) is 118 cm³/mol. The molecule has 2 N–H and O–H groups in total. The molecule has 31 heavy (non-hydrogen) atoms. The molecule has 8 nitrogen and oxygen atoms in total. The highest BCUT2D eigenvalue weighted by molar-refractivity contribution is 5.91. The van der Waals surface area contributed by atoms with Crippen LogP contribution in [0.15, 0.2) is 76.6 Å². The van der Waals surface area contributed by atoms with Crippen LogP contribution in [0.2, 0.25) is 0 Å². The van der Waals surface area contributed by atoms with Gasteiger partial charge in [-0.2, -0.15) is 0 Å². The third-order valence-electron chi connectivity index (χ3n) is 4.79. The van der Waals surface area contributed by atoms with E-state index in [-0.39, 0.29) is 18.9 Å². The molecule has 2 heterocycles. The maximum absolute atomic E-state index is 12.4. The molecular weight excluding hydrogens is 396 g/mol. The van der Waals surface area contributed by atoms with Crippen LogP contribution in [0.25, 0.3) is 10.9 Å². The van der Waals surface area contributed by atoms with E-state index in [2.05, 4.69) is 15.3 Å². The Morgan fingerprint density at radius 3 is 2.74 bits per heavy atom. The summed E-state index contributed by atoms with van der Waals surface area (Å²) in [6.45, 7) is 2.02. The molecule has 0 saturated carbocycles. The van der Waals surface area contributed by atoms with Crippen LogP contribution in [-0.2, 0) is 11.3 Å². The topological polar surface area (TPSA) is 106 Å². The number of nitrogens with one attached hydrogen (secondary N) is 2. The molecule has 0 aliphatic rings. The quantitative estimate of drug-likeness (QED) is 0.502. The van der Waals surface area contributed by atoms with Crippen LogP contribution < -0.4 is 21.3 Å². The van der Waals surface area contributed by atoms with Crippen LogP contribution >= 0.6 is 0 Å². The van der Waals surface area contributed by atoms with Gasteiger partial charge in [0.1, 0.15) is 11.5 Å². The number of pyridine rings is 1. The number of ether oxygens (including phenoxy) is 1. The molecule has 0 atom stereocenters. The minimum Gasteiger partial charge on any atom is -0.455 e. The molecule has 0 unspecified atom stereocenters. The van der Waals surface area contributed by atoms with Crippen molar-refractivity contribution in [2.75, 3.05) is 5.32 Å². The largest absolute Gasteiger partial charge is 0.455 e. The van der Waals surface area contributed by atoms with Crippen molar-refractivity contribution in [1.29, 1.82) is 0 Å². The second-order valence-electron chi connectivity index (χ2n) is 7.00. The Morgan fingerprint density at radius 2 is 1.97 bits per heavy atom. The Hall–Kier alpha value is -4.20. The molecule has 1 amide bonds. The highest BCUT2D eigenvalue weighted by atomic mass is 16.5. The number of benzene rings is 2. The van der Waals surface area contributed by atoms with Gasteiger partial charge in [-0.05, 0) is 55.0 Å². The highest BCUT2D eigenvalue weighted by Gasteiger charge is 2.10. The number of carbonyl (C=O) groups excluding carboxylic acids is 1. The molecule has 0 saturated heterocycles. The van der Waals surface area contributed by atoms with E-state index >= 15 is 0 Å². The van der Waals surface area contributed by atoms with Gasteiger partial charge in [0.05, 0.1) is 17.1 Å². The molecule has 0 spiro atoms. The van der Waals surface area contributed by atoms with Crippen LogP contribution in [0.4, 0.5) is 5.69 Å². The van der Waals surface area contributed by atoms with E-state index in [1.165, 1.54) is 4.57 Å². The van der Waals surface area contributed by atoms with Crippen molar-refractivity contribution in [3.63, 3.8) is 0 Å². The van der Waals surface area contributed by atoms with Gasteiger partial charge in [-0.15, -0.1) is 0 Å². The lowest BCUT2D eigenvalue weighted by molar-refractivity contribution is -0.116. The van der Waals surface area contributed by atoms with Crippen molar-refractivity contribution in [2.45, 2.75) is 19.9 Å². The van der Waals surface area contributed by atoms with Crippen LogP contribution in [0.5, 0.6) is 11.5 Å². The first-order chi connectivity index (χ1) is 15.0. The number of fused-ring (bicyclic) bond motifs is 1. The Labute approximate surface area is 177 Å². The van der Waals surface area contributed by atoms with Crippen molar-refractivity contribution >= 4 is 22.5 Å². The van der Waals surface area contributed by atoms with Gasteiger partial charge in [0.15, 0.2) is 0 Å². The minimum absolute atomic E-state index is 0.0723. The molecule has 0 fully saturated rings. The van der Waals surface area contributed by atoms with Gasteiger partial charge in [0.2, 0.25) is 5.91 Å². The molecule has 0 aliphatic heterocycles. The number of hydrogen-bond acceptors (Lipinski definition) is 5. The van der Waals surface area contributed by atoms with Gasteiger partial charge in [0, 0.05) is 24.8 Å². The van der Waals surface area contributed by atoms with E-state index in [0.717, 1.165) is 5.56 Å². The van der Waals surface area contributed by atoms with Gasteiger partial charge in [-0.3, -0.25) is 24.1 Å². The summed E-state index contributed by atoms with van der Waals surface area (Å²) < 4.78 is 7.19. The Bertz CT molecular complexity index is 1360. The number of rotatable bonds is 6. The maximum atomic E-state index is 12.4. The lowest BCUT2D eigenvalue weighted by Gasteiger charge is -2.12. The van der Waals surface area contributed by atoms with E-state index in [1.807, 2.05) is 19.1 Å². The summed E-state index contributed by atoms with van der Waals surface area (Å²) in [6.07, 6.45) is 3.36. The van der Waals surface area contributed by atoms with Crippen LogP contribution in [0, 0.1) is 6.92 Å². The van der Waals surface area contributed by atoms with Crippen molar-refractivity contribution in [2.24, 2.45) is 0 Å². The number of carbonyl (C=O) groups is 1. The highest BCUT2D eigenvalue weighted by Crippen LogP contribution is 2.26. The fraction of sp³-hybridized carbons (Fsp3) is 0.130. The zero-order valence-corrected chi connectivity index (χ0v) is 16.8. The number of aromatic amines is 1. The van der Waals surface area contributed by atoms with E-state index in [0.29, 0.717) is 28.1 Å². The van der Waals surface area contributed by atoms with Crippen LogP contribution in [0.1, 0.15) is 12.0 Å². The smallest absolute Gasteiger partial charge is 0.328 e. The van der Waals surface area contributed by atoms with E-state index in [1.54, 1.807) is 54.9 Å². The van der Waals surface area contributed by atoms with Gasteiger partial charge in [-0.25, -0.2) is 4.79 Å². The molecule has 8 heteroatoms. The third-order valence-corrected chi connectivity index (χ3v) is 4.79. The predicted octanol–water partition coefficient (Wildman–Crippen LogP) is 3.21. The molecule has 0 radical (unpaired) electrons. The molecule has 0 aliphatic carbocycles. The van der Waals surface area contributed by atoms with Crippen molar-refractivity contribution in [3.8, 4) is 11.5 Å². The number of H-pyrrole nitrogens is 1. The summed E-state index contributed by atoms with van der Waals surface area (Å²) in [5.74, 6) is 1.04. The fourth-order valence-corrected chi connectivity index (χ4v) is 3.28. The maximum Gasteiger partial charge on any atom is 0.328 e. The van der Waals surface area contributed by atoms with Crippen molar-refractivity contribution < 1.29 is 9.53 Å². The number of aromatic nitrogens is 3. The van der Waals surface area contributed by atoms with Crippen molar-refractivity contribution in [3.05, 3.63) is 93.4 Å². The number of para-hydroxylation sites is 1. The lowest BCUT2D eigenvalue weighted by atomic mass is 10.2. The third kappa shape index (κ3) is 4.53. The molecule has 2 aromatic carbocycles. The first kappa shape index (κ1) is 20.1. The second-order valence-corrected chi connectivity index (χ2v) is 7.00. The minimum atomic E-state index is -0.538. The molecular formula is C23H20N4O4. The number of anilines is 1. The fourth-order valence-electron chi connectivity index (χ4n) is 3.28. The first-order valence-electron chi connectivity index (χ1n) is 9.71. The Kier molecular flexibility index (Phi) is 5.61. The summed E-state index contributed by atoms with van der Waals surface area (Å²) in [5, 5.41) is 3.23. The zero-order valence-electron chi connectivity index (χ0n) is 16.8. The van der Waals surface area contributed by atoms with Crippen molar-refractivity contribution in [1.82, 2.24) is 14.5 Å². The zero-order chi connectivity index (χ0) is 21.8. The summed E-state index contributed by atoms with van der Waals surface area (Å²) in [4.78, 5) is 42.9. The average Bonchev–Trinajstić information content (AvgIpc) is 2.76. The lowest BCUT2D eigenvalue weighted by Crippen LogP contribution is -2.31. The molecule has 0 bridgehead atoms. The van der Waals surface area contributed by atoms with Crippen LogP contribution in [0.3, 0.4) is 0 Å². The molecule has 4 aromatic rings. The van der Waals surface area contributed by atoms with Gasteiger partial charge >= 0.3 is 5.69 Å². The average molecular weight is 416 g/mol. The van der Waals surface area contributed by atoms with Gasteiger partial charge in [0.25, 0.3) is 5.56 Å². The van der Waals surface area contributed by atoms with E-state index in [9.17, 15) is 14.4 Å². The summed E-state index contributed by atoms with van der Waals surface area (Å²) >= 11 is 0. The first-order valence-corrected chi connectivity index (χ1v) is 9.71. The summed E-state index contributed by atoms with van der Waals surface area (Å²) in [6, 6.07) is 15.7. The van der Waals surface area contributed by atoms with E-state index in [4.69, 9.17) is 4.74 Å². The second kappa shape index (κ2) is 8.66. The number of nitrogens with zero attached hydrogens (tertiary/aromatic N) is 2. The standard InChI is InChI=1S/C23H20N4O4/c1-15-13-16(8-9-20(15)31-17-5-4-11-24-14-17)25-21(28)10-12-27-19-7-3-2-6-18(19)22(29)26-23(27)30/h2-9,11,13-14H,10,12H2,1H3,(H,25,28)(H,26,29,30). The molecule has 4 rings (SSSR count). The number of aryl methyl sites for hydroxylation is 2. The monoisotopic (exact) mass is 416 g/mol.